The maximum absolute atomic E-state index is 13.3. The molecule has 0 radical (unpaired) electrons. The molecule has 234 valence electrons. The summed E-state index contributed by atoms with van der Waals surface area (Å²) < 4.78 is 31.7. The molecule has 3 aromatic rings. The topological polar surface area (TPSA) is 145 Å². The molecule has 9 nitrogen and oxygen atoms in total. The van der Waals surface area contributed by atoms with Crippen LogP contribution in [0.1, 0.15) is 42.5 Å². The standard InChI is InChI=1S/C28H27Cl2N3O4.C2HF3O2/c29-21-12-7-13-22(30)25(21)33-28(37)31-23-16-19(17-8-3-1-4-9-17)14-15-20(23)26(34)32-24(27(35)36)18-10-5-2-6-11-18;3-2(4,5)1(6)7/h1,3-4,7-9,12-16,18,24H,2,5-6,10-11H2,(H,32,34)(H,35,36)(H2,31,33,37);(H,6,7)/t24-;/m0./s1. The van der Waals surface area contributed by atoms with Crippen LogP contribution in [0.2, 0.25) is 10.0 Å². The van der Waals surface area contributed by atoms with E-state index in [1.54, 1.807) is 36.4 Å². The highest BCUT2D eigenvalue weighted by Gasteiger charge is 2.38. The van der Waals surface area contributed by atoms with Crippen molar-refractivity contribution in [2.45, 2.75) is 44.3 Å². The molecule has 5 N–H and O–H groups in total. The van der Waals surface area contributed by atoms with Gasteiger partial charge in [0.15, 0.2) is 0 Å². The van der Waals surface area contributed by atoms with Crippen LogP contribution in [0, 0.1) is 5.92 Å². The summed E-state index contributed by atoms with van der Waals surface area (Å²) in [6, 6.07) is 17.7. The van der Waals surface area contributed by atoms with E-state index in [2.05, 4.69) is 16.0 Å². The van der Waals surface area contributed by atoms with Gasteiger partial charge in [0.25, 0.3) is 5.91 Å². The molecule has 0 bridgehead atoms. The number of alkyl halides is 3. The van der Waals surface area contributed by atoms with Crippen LogP contribution >= 0.6 is 23.2 Å². The van der Waals surface area contributed by atoms with Crippen LogP contribution in [0.15, 0.2) is 66.7 Å². The molecule has 0 aliphatic heterocycles. The molecule has 1 atom stereocenters. The summed E-state index contributed by atoms with van der Waals surface area (Å²) in [5.41, 5.74) is 2.24. The Labute approximate surface area is 260 Å². The predicted molar refractivity (Wildman–Crippen MR) is 160 cm³/mol. The van der Waals surface area contributed by atoms with E-state index in [0.717, 1.165) is 43.2 Å². The normalized spacial score (nSPS) is 13.9. The quantitative estimate of drug-likeness (QED) is 0.177. The van der Waals surface area contributed by atoms with Crippen LogP contribution < -0.4 is 16.0 Å². The van der Waals surface area contributed by atoms with Crippen molar-refractivity contribution in [1.29, 1.82) is 0 Å². The summed E-state index contributed by atoms with van der Waals surface area (Å²) in [6.45, 7) is 0. The third-order valence-corrected chi connectivity index (χ3v) is 7.37. The van der Waals surface area contributed by atoms with Gasteiger partial charge in [0.2, 0.25) is 0 Å². The number of carboxylic acid groups (broad SMARTS) is 2. The van der Waals surface area contributed by atoms with Crippen LogP contribution in [-0.4, -0.2) is 46.3 Å². The Bertz CT molecular complexity index is 1480. The van der Waals surface area contributed by atoms with E-state index in [9.17, 15) is 32.7 Å². The lowest BCUT2D eigenvalue weighted by atomic mass is 9.83. The van der Waals surface area contributed by atoms with Gasteiger partial charge in [-0.05, 0) is 54.2 Å². The minimum atomic E-state index is -5.08. The van der Waals surface area contributed by atoms with Gasteiger partial charge in [0.05, 0.1) is 27.0 Å². The summed E-state index contributed by atoms with van der Waals surface area (Å²) in [4.78, 5) is 47.2. The summed E-state index contributed by atoms with van der Waals surface area (Å²) in [5.74, 6) is -4.54. The number of anilines is 2. The van der Waals surface area contributed by atoms with Crippen molar-refractivity contribution in [2.75, 3.05) is 10.6 Å². The Balaban J connectivity index is 0.000000676. The van der Waals surface area contributed by atoms with E-state index >= 15 is 0 Å². The summed E-state index contributed by atoms with van der Waals surface area (Å²) in [5, 5.41) is 25.5. The number of carbonyl (C=O) groups is 4. The highest BCUT2D eigenvalue weighted by atomic mass is 35.5. The highest BCUT2D eigenvalue weighted by molar-refractivity contribution is 6.39. The zero-order chi connectivity index (χ0) is 32.4. The van der Waals surface area contributed by atoms with E-state index < -0.39 is 36.1 Å². The molecule has 4 rings (SSSR count). The second-order valence-electron chi connectivity index (χ2n) is 9.79. The van der Waals surface area contributed by atoms with Crippen LogP contribution in [-0.2, 0) is 9.59 Å². The molecule has 0 aromatic heterocycles. The molecule has 1 aliphatic carbocycles. The number of nitrogens with one attached hydrogen (secondary N) is 3. The molecule has 1 aliphatic rings. The molecule has 44 heavy (non-hydrogen) atoms. The first-order chi connectivity index (χ1) is 20.8. The van der Waals surface area contributed by atoms with Gasteiger partial charge >= 0.3 is 24.1 Å². The summed E-state index contributed by atoms with van der Waals surface area (Å²) in [7, 11) is 0. The number of hydrogen-bond donors (Lipinski definition) is 5. The summed E-state index contributed by atoms with van der Waals surface area (Å²) in [6.07, 6.45) is -0.649. The molecule has 14 heteroatoms. The number of carbonyl (C=O) groups excluding carboxylic acids is 2. The number of urea groups is 1. The van der Waals surface area contributed by atoms with E-state index in [0.29, 0.717) is 0 Å². The van der Waals surface area contributed by atoms with E-state index in [4.69, 9.17) is 33.1 Å². The van der Waals surface area contributed by atoms with Gasteiger partial charge in [-0.3, -0.25) is 4.79 Å². The molecule has 3 amide bonds. The third kappa shape index (κ3) is 9.61. The Hall–Kier alpha value is -4.29. The number of aliphatic carboxylic acids is 2. The van der Waals surface area contributed by atoms with Crippen LogP contribution in [0.4, 0.5) is 29.3 Å². The monoisotopic (exact) mass is 653 g/mol. The number of hydrogen-bond acceptors (Lipinski definition) is 4. The minimum Gasteiger partial charge on any atom is -0.480 e. The first kappa shape index (κ1) is 34.2. The molecule has 3 aromatic carbocycles. The van der Waals surface area contributed by atoms with Gasteiger partial charge in [-0.1, -0.05) is 84.9 Å². The Morgan fingerprint density at radius 3 is 1.93 bits per heavy atom. The van der Waals surface area contributed by atoms with Crippen LogP contribution in [0.5, 0.6) is 0 Å². The van der Waals surface area contributed by atoms with Crippen molar-refractivity contribution in [1.82, 2.24) is 5.32 Å². The smallest absolute Gasteiger partial charge is 0.480 e. The number of benzene rings is 3. The van der Waals surface area contributed by atoms with Gasteiger partial charge in [0, 0.05) is 0 Å². The largest absolute Gasteiger partial charge is 0.490 e. The number of rotatable bonds is 7. The first-order valence-electron chi connectivity index (χ1n) is 13.3. The van der Waals surface area contributed by atoms with Crippen molar-refractivity contribution in [3.05, 3.63) is 82.3 Å². The van der Waals surface area contributed by atoms with Crippen molar-refractivity contribution >= 4 is 58.5 Å². The molecule has 0 spiro atoms. The van der Waals surface area contributed by atoms with Gasteiger partial charge in [-0.15, -0.1) is 0 Å². The van der Waals surface area contributed by atoms with Crippen molar-refractivity contribution in [2.24, 2.45) is 5.92 Å². The molecule has 1 fully saturated rings. The first-order valence-corrected chi connectivity index (χ1v) is 14.1. The second-order valence-corrected chi connectivity index (χ2v) is 10.6. The number of amides is 3. The molecule has 0 unspecified atom stereocenters. The molecule has 0 heterocycles. The number of halogens is 5. The Kier molecular flexibility index (Phi) is 12.0. The Morgan fingerprint density at radius 1 is 0.795 bits per heavy atom. The fraction of sp³-hybridized carbons (Fsp3) is 0.267. The zero-order valence-corrected chi connectivity index (χ0v) is 24.5. The van der Waals surface area contributed by atoms with E-state index in [1.807, 2.05) is 30.3 Å². The lowest BCUT2D eigenvalue weighted by Gasteiger charge is -2.28. The third-order valence-electron chi connectivity index (χ3n) is 6.74. The maximum Gasteiger partial charge on any atom is 0.490 e. The minimum absolute atomic E-state index is 0.138. The van der Waals surface area contributed by atoms with Crippen LogP contribution in [0.3, 0.4) is 0 Å². The number of para-hydroxylation sites is 1. The lowest BCUT2D eigenvalue weighted by Crippen LogP contribution is -2.46. The lowest BCUT2D eigenvalue weighted by molar-refractivity contribution is -0.192. The Morgan fingerprint density at radius 2 is 1.39 bits per heavy atom. The van der Waals surface area contributed by atoms with E-state index in [-0.39, 0.29) is 32.9 Å². The van der Waals surface area contributed by atoms with Gasteiger partial charge < -0.3 is 26.2 Å². The molecule has 1 saturated carbocycles. The van der Waals surface area contributed by atoms with Gasteiger partial charge in [-0.2, -0.15) is 13.2 Å². The average Bonchev–Trinajstić information content (AvgIpc) is 2.98. The predicted octanol–water partition coefficient (Wildman–Crippen LogP) is 7.70. The second kappa shape index (κ2) is 15.4. The van der Waals surface area contributed by atoms with Crippen LogP contribution in [0.25, 0.3) is 11.1 Å². The van der Waals surface area contributed by atoms with Gasteiger partial charge in [-0.25, -0.2) is 14.4 Å². The van der Waals surface area contributed by atoms with Gasteiger partial charge in [0.1, 0.15) is 6.04 Å². The zero-order valence-electron chi connectivity index (χ0n) is 23.0. The average molecular weight is 654 g/mol. The van der Waals surface area contributed by atoms with Crippen molar-refractivity contribution in [3.63, 3.8) is 0 Å². The molecule has 0 saturated heterocycles. The molecular weight excluding hydrogens is 626 g/mol. The fourth-order valence-electron chi connectivity index (χ4n) is 4.61. The molecular formula is C30H28Cl2F3N3O6. The fourth-order valence-corrected chi connectivity index (χ4v) is 5.10. The SMILES string of the molecule is O=C(Nc1cc(-c2ccccc2)ccc1C(=O)N[C@H](C(=O)O)C1CCCCC1)Nc1c(Cl)cccc1Cl.O=C(O)C(F)(F)F. The summed E-state index contributed by atoms with van der Waals surface area (Å²) >= 11 is 12.4. The van der Waals surface area contributed by atoms with Crippen molar-refractivity contribution in [3.8, 4) is 11.1 Å². The number of carboxylic acids is 2. The highest BCUT2D eigenvalue weighted by Crippen LogP contribution is 2.31. The van der Waals surface area contributed by atoms with Crippen molar-refractivity contribution < 1.29 is 42.6 Å². The maximum atomic E-state index is 13.3. The van der Waals surface area contributed by atoms with E-state index in [1.165, 1.54) is 0 Å².